The van der Waals surface area contributed by atoms with Crippen LogP contribution in [0.15, 0.2) is 12.7 Å². The maximum Gasteiger partial charge on any atom is 0.211 e. The van der Waals surface area contributed by atoms with Crippen LogP contribution in [0, 0.1) is 5.92 Å². The summed E-state index contributed by atoms with van der Waals surface area (Å²) in [7, 11) is -3.32. The van der Waals surface area contributed by atoms with Gasteiger partial charge in [-0.1, -0.05) is 12.5 Å². The fourth-order valence-corrected chi connectivity index (χ4v) is 2.70. The third-order valence-electron chi connectivity index (χ3n) is 2.46. The van der Waals surface area contributed by atoms with Gasteiger partial charge in [0.05, 0.1) is 5.25 Å². The summed E-state index contributed by atoms with van der Waals surface area (Å²) >= 11 is 0. The minimum Gasteiger partial charge on any atom is -0.228 e. The van der Waals surface area contributed by atoms with Gasteiger partial charge in [-0.15, -0.1) is 6.58 Å². The molecular formula is C8H15NO2S. The van der Waals surface area contributed by atoms with Gasteiger partial charge in [-0.2, -0.15) is 0 Å². The van der Waals surface area contributed by atoms with E-state index in [4.69, 9.17) is 5.14 Å². The molecule has 4 heteroatoms. The average Bonchev–Trinajstić information content (AvgIpc) is 2.03. The van der Waals surface area contributed by atoms with Crippen molar-refractivity contribution in [3.8, 4) is 0 Å². The van der Waals surface area contributed by atoms with Crippen molar-refractivity contribution in [3.63, 3.8) is 0 Å². The zero-order valence-corrected chi connectivity index (χ0v) is 7.89. The van der Waals surface area contributed by atoms with Crippen LogP contribution in [0.3, 0.4) is 0 Å². The highest BCUT2D eigenvalue weighted by molar-refractivity contribution is 7.89. The number of hydrogen-bond donors (Lipinski definition) is 1. The molecule has 1 aliphatic rings. The van der Waals surface area contributed by atoms with Crippen molar-refractivity contribution in [2.75, 3.05) is 0 Å². The Morgan fingerprint density at radius 1 is 1.42 bits per heavy atom. The Labute approximate surface area is 73.7 Å². The fourth-order valence-electron chi connectivity index (χ4n) is 1.69. The molecule has 1 rings (SSSR count). The highest BCUT2D eigenvalue weighted by Gasteiger charge is 2.27. The lowest BCUT2D eigenvalue weighted by Crippen LogP contribution is -2.32. The lowest BCUT2D eigenvalue weighted by atomic mass is 9.89. The Balaban J connectivity index is 2.64. The van der Waals surface area contributed by atoms with Gasteiger partial charge in [0.2, 0.25) is 10.0 Å². The van der Waals surface area contributed by atoms with E-state index in [1.54, 1.807) is 0 Å². The third kappa shape index (κ3) is 2.32. The molecule has 1 aliphatic carbocycles. The number of rotatable bonds is 2. The highest BCUT2D eigenvalue weighted by Crippen LogP contribution is 2.27. The smallest absolute Gasteiger partial charge is 0.211 e. The molecule has 12 heavy (non-hydrogen) atoms. The number of sulfonamides is 1. The maximum absolute atomic E-state index is 11.0. The molecule has 0 heterocycles. The van der Waals surface area contributed by atoms with Crippen molar-refractivity contribution in [3.05, 3.63) is 12.7 Å². The molecule has 0 aromatic carbocycles. The Morgan fingerprint density at radius 3 is 2.58 bits per heavy atom. The van der Waals surface area contributed by atoms with Crippen molar-refractivity contribution in [2.45, 2.75) is 30.9 Å². The van der Waals surface area contributed by atoms with E-state index < -0.39 is 10.0 Å². The second kappa shape index (κ2) is 3.58. The monoisotopic (exact) mass is 189 g/mol. The molecule has 0 aromatic heterocycles. The zero-order chi connectivity index (χ0) is 9.19. The van der Waals surface area contributed by atoms with Crippen molar-refractivity contribution in [1.82, 2.24) is 0 Å². The molecule has 0 bridgehead atoms. The quantitative estimate of drug-likeness (QED) is 0.659. The molecule has 2 N–H and O–H groups in total. The highest BCUT2D eigenvalue weighted by atomic mass is 32.2. The van der Waals surface area contributed by atoms with Crippen LogP contribution in [0.25, 0.3) is 0 Å². The Hall–Kier alpha value is -0.350. The predicted molar refractivity (Wildman–Crippen MR) is 49.1 cm³/mol. The van der Waals surface area contributed by atoms with Gasteiger partial charge in [0, 0.05) is 0 Å². The molecule has 1 unspecified atom stereocenters. The SMILES string of the molecule is C=CC1CCC[C@@H](S(N)(=O)=O)C1. The van der Waals surface area contributed by atoms with Gasteiger partial charge in [0.1, 0.15) is 0 Å². The summed E-state index contributed by atoms with van der Waals surface area (Å²) in [6.07, 6.45) is 5.19. The summed E-state index contributed by atoms with van der Waals surface area (Å²) in [5.74, 6) is 0.335. The van der Waals surface area contributed by atoms with Crippen molar-refractivity contribution in [2.24, 2.45) is 11.1 Å². The molecule has 0 aromatic rings. The van der Waals surface area contributed by atoms with Gasteiger partial charge >= 0.3 is 0 Å². The van der Waals surface area contributed by atoms with E-state index in [1.165, 1.54) is 0 Å². The Bertz CT molecular complexity index is 258. The first-order valence-electron chi connectivity index (χ1n) is 4.18. The molecule has 0 aliphatic heterocycles. The van der Waals surface area contributed by atoms with E-state index in [2.05, 4.69) is 6.58 Å². The molecule has 1 fully saturated rings. The molecule has 0 radical (unpaired) electrons. The summed E-state index contributed by atoms with van der Waals surface area (Å²) in [5, 5.41) is 4.73. The minimum absolute atomic E-state index is 0.335. The van der Waals surface area contributed by atoms with E-state index >= 15 is 0 Å². The Morgan fingerprint density at radius 2 is 2.08 bits per heavy atom. The van der Waals surface area contributed by atoms with Gasteiger partial charge in [-0.05, 0) is 25.2 Å². The standard InChI is InChI=1S/C8H15NO2S/c1-2-7-4-3-5-8(6-7)12(9,10)11/h2,7-8H,1,3-6H2,(H2,9,10,11)/t7?,8-/m1/s1. The third-order valence-corrected chi connectivity index (χ3v) is 3.82. The van der Waals surface area contributed by atoms with Crippen molar-refractivity contribution < 1.29 is 8.42 Å². The zero-order valence-electron chi connectivity index (χ0n) is 7.07. The summed E-state index contributed by atoms with van der Waals surface area (Å²) < 4.78 is 22.0. The van der Waals surface area contributed by atoms with E-state index in [-0.39, 0.29) is 5.25 Å². The molecule has 2 atom stereocenters. The van der Waals surface area contributed by atoms with Gasteiger partial charge in [-0.3, -0.25) is 0 Å². The topological polar surface area (TPSA) is 60.2 Å². The van der Waals surface area contributed by atoms with Gasteiger partial charge < -0.3 is 0 Å². The predicted octanol–water partition coefficient (Wildman–Crippen LogP) is 1.02. The second-order valence-electron chi connectivity index (χ2n) is 3.37. The first-order valence-corrected chi connectivity index (χ1v) is 5.79. The van der Waals surface area contributed by atoms with E-state index in [1.807, 2.05) is 6.08 Å². The molecule has 0 saturated heterocycles. The van der Waals surface area contributed by atoms with Gasteiger partial charge in [-0.25, -0.2) is 13.6 Å². The largest absolute Gasteiger partial charge is 0.228 e. The molecule has 3 nitrogen and oxygen atoms in total. The molecule has 0 spiro atoms. The van der Waals surface area contributed by atoms with E-state index in [9.17, 15) is 8.42 Å². The molecule has 0 amide bonds. The van der Waals surface area contributed by atoms with Gasteiger partial charge in [0.25, 0.3) is 0 Å². The van der Waals surface area contributed by atoms with Crippen molar-refractivity contribution in [1.29, 1.82) is 0 Å². The average molecular weight is 189 g/mol. The summed E-state index contributed by atoms with van der Waals surface area (Å²) in [5.41, 5.74) is 0. The van der Waals surface area contributed by atoms with Crippen LogP contribution in [0.4, 0.5) is 0 Å². The van der Waals surface area contributed by atoms with Gasteiger partial charge in [0.15, 0.2) is 0 Å². The van der Waals surface area contributed by atoms with Crippen LogP contribution < -0.4 is 5.14 Å². The normalized spacial score (nSPS) is 31.4. The number of primary sulfonamides is 1. The fraction of sp³-hybridized carbons (Fsp3) is 0.750. The van der Waals surface area contributed by atoms with Crippen LogP contribution in [0.2, 0.25) is 0 Å². The van der Waals surface area contributed by atoms with Crippen LogP contribution in [0.1, 0.15) is 25.7 Å². The Kier molecular flexibility index (Phi) is 2.90. The lowest BCUT2D eigenvalue weighted by molar-refractivity contribution is 0.414. The molecule has 1 saturated carbocycles. The summed E-state index contributed by atoms with van der Waals surface area (Å²) in [6, 6.07) is 0. The van der Waals surface area contributed by atoms with Crippen LogP contribution >= 0.6 is 0 Å². The van der Waals surface area contributed by atoms with Crippen LogP contribution in [0.5, 0.6) is 0 Å². The summed E-state index contributed by atoms with van der Waals surface area (Å²) in [6.45, 7) is 3.67. The first-order chi connectivity index (χ1) is 5.54. The lowest BCUT2D eigenvalue weighted by Gasteiger charge is -2.25. The number of hydrogen-bond acceptors (Lipinski definition) is 2. The number of nitrogens with two attached hydrogens (primary N) is 1. The molecule has 70 valence electrons. The first kappa shape index (κ1) is 9.74. The maximum atomic E-state index is 11.0. The van der Waals surface area contributed by atoms with E-state index in [0.29, 0.717) is 18.8 Å². The van der Waals surface area contributed by atoms with Crippen LogP contribution in [-0.2, 0) is 10.0 Å². The second-order valence-corrected chi connectivity index (χ2v) is 5.22. The summed E-state index contributed by atoms with van der Waals surface area (Å²) in [4.78, 5) is 0. The van der Waals surface area contributed by atoms with Crippen LogP contribution in [-0.4, -0.2) is 13.7 Å². The number of allylic oxidation sites excluding steroid dienone is 1. The minimum atomic E-state index is -3.32. The van der Waals surface area contributed by atoms with Crippen molar-refractivity contribution >= 4 is 10.0 Å². The van der Waals surface area contributed by atoms with E-state index in [0.717, 1.165) is 12.8 Å². The molecular weight excluding hydrogens is 174 g/mol.